The maximum absolute atomic E-state index is 2.47. The zero-order valence-electron chi connectivity index (χ0n) is 32.8. The van der Waals surface area contributed by atoms with E-state index in [1.807, 2.05) is 0 Å². The number of nitrogens with zero attached hydrogens (tertiary/aromatic N) is 2. The van der Waals surface area contributed by atoms with Crippen LogP contribution < -0.4 is 4.90 Å². The summed E-state index contributed by atoms with van der Waals surface area (Å²) in [5, 5.41) is 7.68. The Labute approximate surface area is 324 Å². The summed E-state index contributed by atoms with van der Waals surface area (Å²) in [7, 11) is 0. The van der Waals surface area contributed by atoms with Crippen LogP contribution in [0.4, 0.5) is 17.1 Å². The van der Waals surface area contributed by atoms with Gasteiger partial charge in [-0.1, -0.05) is 96.1 Å². The molecule has 55 heavy (non-hydrogen) atoms. The Kier molecular flexibility index (Phi) is 7.26. The molecule has 0 spiro atoms. The lowest BCUT2D eigenvalue weighted by Crippen LogP contribution is -2.10. The molecule has 0 aliphatic heterocycles. The minimum Gasteiger partial charge on any atom is -0.310 e. The monoisotopic (exact) mass is 710 g/mol. The fourth-order valence-corrected chi connectivity index (χ4v) is 8.70. The largest absolute Gasteiger partial charge is 0.310 e. The van der Waals surface area contributed by atoms with Crippen molar-refractivity contribution in [3.8, 4) is 27.9 Å². The number of rotatable bonds is 4. The van der Waals surface area contributed by atoms with E-state index in [1.165, 1.54) is 88.0 Å². The molecule has 1 heterocycles. The fraction of sp³-hybridized carbons (Fsp3) is 0.170. The molecule has 0 N–H and O–H groups in total. The molecule has 0 saturated carbocycles. The molecule has 0 atom stereocenters. The molecule has 1 aliphatic carbocycles. The summed E-state index contributed by atoms with van der Waals surface area (Å²) in [5.41, 5.74) is 16.6. The van der Waals surface area contributed by atoms with Crippen LogP contribution in [0, 0.1) is 6.92 Å². The van der Waals surface area contributed by atoms with Crippen LogP contribution in [0.15, 0.2) is 152 Å². The Balaban J connectivity index is 1.07. The smallest absolute Gasteiger partial charge is 0.0541 e. The van der Waals surface area contributed by atoms with E-state index in [-0.39, 0.29) is 10.8 Å². The average molecular weight is 711 g/mol. The van der Waals surface area contributed by atoms with Gasteiger partial charge in [0.2, 0.25) is 0 Å². The van der Waals surface area contributed by atoms with Crippen molar-refractivity contribution in [3.63, 3.8) is 0 Å². The van der Waals surface area contributed by atoms with E-state index in [2.05, 4.69) is 210 Å². The molecule has 8 aromatic carbocycles. The number of hydrogen-bond donors (Lipinski definition) is 0. The molecule has 2 heteroatoms. The quantitative estimate of drug-likeness (QED) is 0.177. The molecule has 1 aliphatic rings. The summed E-state index contributed by atoms with van der Waals surface area (Å²) < 4.78 is 2.47. The number of benzene rings is 8. The molecular weight excluding hydrogens is 665 g/mol. The first-order valence-electron chi connectivity index (χ1n) is 19.6. The van der Waals surface area contributed by atoms with E-state index in [0.29, 0.717) is 0 Å². The second-order valence-corrected chi connectivity index (χ2v) is 17.7. The van der Waals surface area contributed by atoms with Gasteiger partial charge in [-0.3, -0.25) is 0 Å². The lowest BCUT2D eigenvalue weighted by molar-refractivity contribution is 0.590. The van der Waals surface area contributed by atoms with Crippen molar-refractivity contribution in [3.05, 3.63) is 168 Å². The van der Waals surface area contributed by atoms with Gasteiger partial charge in [-0.25, -0.2) is 0 Å². The normalized spacial score (nSPS) is 12.6. The third kappa shape index (κ3) is 5.46. The summed E-state index contributed by atoms with van der Waals surface area (Å²) in [6, 6.07) is 57.1. The number of fused-ring (bicyclic) bond motifs is 9. The van der Waals surface area contributed by atoms with Crippen molar-refractivity contribution in [2.45, 2.75) is 59.3 Å². The van der Waals surface area contributed by atoms with Gasteiger partial charge in [-0.15, -0.1) is 0 Å². The number of hydrogen-bond acceptors (Lipinski definition) is 1. The SMILES string of the molecule is Cc1cccc(N(c2ccccc2)c2ccc3cc4c(cc3c2)-c2cc3ccc(-n5c6ccc(C(C)(C)C)cc6c6cc(C(C)(C)C)ccc65)cc3cc2-4)c1. The van der Waals surface area contributed by atoms with Gasteiger partial charge in [0.15, 0.2) is 0 Å². The second-order valence-electron chi connectivity index (χ2n) is 17.7. The molecule has 0 unspecified atom stereocenters. The first-order chi connectivity index (χ1) is 26.4. The summed E-state index contributed by atoms with van der Waals surface area (Å²) in [6.45, 7) is 16.0. The third-order valence-corrected chi connectivity index (χ3v) is 11.8. The van der Waals surface area contributed by atoms with E-state index in [4.69, 9.17) is 0 Å². The van der Waals surface area contributed by atoms with Crippen molar-refractivity contribution < 1.29 is 0 Å². The molecule has 10 rings (SSSR count). The Bertz CT molecular complexity index is 2930. The van der Waals surface area contributed by atoms with E-state index in [1.54, 1.807) is 0 Å². The van der Waals surface area contributed by atoms with Gasteiger partial charge in [0, 0.05) is 33.5 Å². The number of anilines is 3. The summed E-state index contributed by atoms with van der Waals surface area (Å²) in [5.74, 6) is 0. The van der Waals surface area contributed by atoms with Crippen LogP contribution in [-0.4, -0.2) is 4.57 Å². The Hall–Kier alpha value is -6.12. The lowest BCUT2D eigenvalue weighted by atomic mass is 9.78. The van der Waals surface area contributed by atoms with E-state index in [0.717, 1.165) is 17.1 Å². The van der Waals surface area contributed by atoms with Gasteiger partial charge >= 0.3 is 0 Å². The highest BCUT2D eigenvalue weighted by Gasteiger charge is 2.25. The van der Waals surface area contributed by atoms with Crippen LogP contribution in [0.5, 0.6) is 0 Å². The Morgan fingerprint density at radius 1 is 0.400 bits per heavy atom. The summed E-state index contributed by atoms with van der Waals surface area (Å²) in [4.78, 5) is 2.36. The van der Waals surface area contributed by atoms with Crippen LogP contribution >= 0.6 is 0 Å². The highest BCUT2D eigenvalue weighted by Crippen LogP contribution is 2.51. The molecule has 9 aromatic rings. The molecule has 0 fully saturated rings. The van der Waals surface area contributed by atoms with Crippen molar-refractivity contribution in [1.29, 1.82) is 0 Å². The van der Waals surface area contributed by atoms with Gasteiger partial charge in [-0.2, -0.15) is 0 Å². The van der Waals surface area contributed by atoms with Crippen molar-refractivity contribution in [2.24, 2.45) is 0 Å². The maximum atomic E-state index is 2.47. The fourth-order valence-electron chi connectivity index (χ4n) is 8.70. The molecule has 0 radical (unpaired) electrons. The van der Waals surface area contributed by atoms with Gasteiger partial charge < -0.3 is 9.47 Å². The summed E-state index contributed by atoms with van der Waals surface area (Å²) >= 11 is 0. The number of aryl methyl sites for hydroxylation is 1. The molecule has 2 nitrogen and oxygen atoms in total. The summed E-state index contributed by atoms with van der Waals surface area (Å²) in [6.07, 6.45) is 0. The van der Waals surface area contributed by atoms with E-state index >= 15 is 0 Å². The van der Waals surface area contributed by atoms with Gasteiger partial charge in [-0.05, 0) is 175 Å². The van der Waals surface area contributed by atoms with Gasteiger partial charge in [0.25, 0.3) is 0 Å². The molecule has 1 aromatic heterocycles. The number of para-hydroxylation sites is 1. The van der Waals surface area contributed by atoms with Crippen LogP contribution in [0.3, 0.4) is 0 Å². The molecule has 0 bridgehead atoms. The van der Waals surface area contributed by atoms with Crippen LogP contribution in [0.25, 0.3) is 71.3 Å². The van der Waals surface area contributed by atoms with E-state index in [9.17, 15) is 0 Å². The Morgan fingerprint density at radius 3 is 1.47 bits per heavy atom. The Morgan fingerprint density at radius 2 is 0.909 bits per heavy atom. The van der Waals surface area contributed by atoms with Crippen molar-refractivity contribution in [2.75, 3.05) is 4.90 Å². The minimum absolute atomic E-state index is 0.0723. The number of aromatic nitrogens is 1. The van der Waals surface area contributed by atoms with Crippen molar-refractivity contribution in [1.82, 2.24) is 4.57 Å². The van der Waals surface area contributed by atoms with Gasteiger partial charge in [0.1, 0.15) is 0 Å². The predicted molar refractivity (Wildman–Crippen MR) is 237 cm³/mol. The maximum Gasteiger partial charge on any atom is 0.0541 e. The predicted octanol–water partition coefficient (Wildman–Crippen LogP) is 15.1. The highest BCUT2D eigenvalue weighted by atomic mass is 15.1. The highest BCUT2D eigenvalue weighted by molar-refractivity contribution is 6.13. The van der Waals surface area contributed by atoms with E-state index < -0.39 is 0 Å². The second kappa shape index (κ2) is 11.9. The zero-order valence-corrected chi connectivity index (χ0v) is 32.8. The van der Waals surface area contributed by atoms with Gasteiger partial charge in [0.05, 0.1) is 11.0 Å². The average Bonchev–Trinajstić information content (AvgIpc) is 3.49. The molecule has 0 amide bonds. The van der Waals surface area contributed by atoms with Crippen molar-refractivity contribution >= 4 is 60.4 Å². The van der Waals surface area contributed by atoms with Crippen LogP contribution in [0.1, 0.15) is 58.2 Å². The lowest BCUT2D eigenvalue weighted by Gasteiger charge is -2.28. The molecular formula is C53H46N2. The molecule has 0 saturated heterocycles. The molecule has 268 valence electrons. The van der Waals surface area contributed by atoms with Crippen LogP contribution in [-0.2, 0) is 10.8 Å². The third-order valence-electron chi connectivity index (χ3n) is 11.8. The first-order valence-corrected chi connectivity index (χ1v) is 19.6. The minimum atomic E-state index is 0.0723. The zero-order chi connectivity index (χ0) is 37.8. The topological polar surface area (TPSA) is 8.17 Å². The van der Waals surface area contributed by atoms with Crippen LogP contribution in [0.2, 0.25) is 0 Å². The first kappa shape index (κ1) is 33.4. The standard InChI is InChI=1S/C53H46N2/c1-33-12-11-15-41(24-33)54(40-13-9-8-10-14-40)42-20-16-34-27-44-46(29-36(34)25-42)45-28-35-17-21-43(26-37(35)30-47(44)45)55-50-22-18-38(52(2,3)4)31-48(50)49-32-39(53(5,6)7)19-23-51(49)55/h8-32H,1-7H3.